The van der Waals surface area contributed by atoms with Crippen LogP contribution in [0.5, 0.6) is 0 Å². The summed E-state index contributed by atoms with van der Waals surface area (Å²) in [5.74, 6) is 0. The van der Waals surface area contributed by atoms with Gasteiger partial charge in [-0.1, -0.05) is 24.3 Å². The molecule has 110 valence electrons. The molecular formula is C16H15F3N2. The number of pyridine rings is 1. The second kappa shape index (κ2) is 6.10. The summed E-state index contributed by atoms with van der Waals surface area (Å²) in [5.41, 5.74) is 7.60. The van der Waals surface area contributed by atoms with Gasteiger partial charge in [-0.25, -0.2) is 0 Å². The van der Waals surface area contributed by atoms with E-state index < -0.39 is 17.8 Å². The van der Waals surface area contributed by atoms with Gasteiger partial charge in [0, 0.05) is 6.20 Å². The number of hydrogen-bond acceptors (Lipinski definition) is 2. The third-order valence-corrected chi connectivity index (χ3v) is 3.18. The molecule has 0 fully saturated rings. The van der Waals surface area contributed by atoms with Crippen LogP contribution in [-0.2, 0) is 12.6 Å². The molecule has 2 N–H and O–H groups in total. The van der Waals surface area contributed by atoms with E-state index in [0.717, 1.165) is 17.7 Å². The largest absolute Gasteiger partial charge is 0.416 e. The third kappa shape index (κ3) is 3.49. The molecule has 2 nitrogen and oxygen atoms in total. The summed E-state index contributed by atoms with van der Waals surface area (Å²) < 4.78 is 37.7. The summed E-state index contributed by atoms with van der Waals surface area (Å²) in [4.78, 5) is 4.25. The van der Waals surface area contributed by atoms with Gasteiger partial charge in [-0.3, -0.25) is 4.98 Å². The van der Waals surface area contributed by atoms with Gasteiger partial charge >= 0.3 is 6.18 Å². The van der Waals surface area contributed by atoms with Gasteiger partial charge in [0.2, 0.25) is 0 Å². The first-order valence-corrected chi connectivity index (χ1v) is 6.41. The molecule has 2 aromatic rings. The van der Waals surface area contributed by atoms with Crippen LogP contribution in [0.15, 0.2) is 55.3 Å². The Kier molecular flexibility index (Phi) is 4.43. The fourth-order valence-corrected chi connectivity index (χ4v) is 2.10. The van der Waals surface area contributed by atoms with Crippen LogP contribution < -0.4 is 5.73 Å². The lowest BCUT2D eigenvalue weighted by molar-refractivity contribution is -0.137. The van der Waals surface area contributed by atoms with E-state index in [1.807, 2.05) is 6.07 Å². The first-order chi connectivity index (χ1) is 9.93. The van der Waals surface area contributed by atoms with Crippen LogP contribution in [0.1, 0.15) is 28.4 Å². The van der Waals surface area contributed by atoms with Crippen molar-refractivity contribution in [1.29, 1.82) is 0 Å². The summed E-state index contributed by atoms with van der Waals surface area (Å²) in [5, 5.41) is 0. The molecule has 0 unspecified atom stereocenters. The minimum atomic E-state index is -4.35. The fourth-order valence-electron chi connectivity index (χ4n) is 2.10. The van der Waals surface area contributed by atoms with E-state index in [0.29, 0.717) is 17.7 Å². The van der Waals surface area contributed by atoms with Gasteiger partial charge in [0.05, 0.1) is 17.3 Å². The molecule has 0 aliphatic carbocycles. The van der Waals surface area contributed by atoms with E-state index in [-0.39, 0.29) is 0 Å². The van der Waals surface area contributed by atoms with E-state index in [1.165, 1.54) is 12.1 Å². The third-order valence-electron chi connectivity index (χ3n) is 3.18. The van der Waals surface area contributed by atoms with Gasteiger partial charge < -0.3 is 5.73 Å². The number of aromatic nitrogens is 1. The molecule has 21 heavy (non-hydrogen) atoms. The Morgan fingerprint density at radius 2 is 1.86 bits per heavy atom. The number of benzene rings is 1. The lowest BCUT2D eigenvalue weighted by Crippen LogP contribution is -2.16. The van der Waals surface area contributed by atoms with Crippen LogP contribution in [0, 0.1) is 0 Å². The van der Waals surface area contributed by atoms with Gasteiger partial charge in [0.25, 0.3) is 0 Å². The molecule has 0 spiro atoms. The Hall–Kier alpha value is -2.14. The van der Waals surface area contributed by atoms with Crippen molar-refractivity contribution in [1.82, 2.24) is 4.98 Å². The maximum Gasteiger partial charge on any atom is 0.416 e. The molecule has 0 amide bonds. The standard InChI is InChI=1S/C16H15F3N2/c1-2-4-12-5-3-10-21-15(12)14(20)11-6-8-13(9-7-11)16(17,18)19/h2-3,5-10,14H,1,4,20H2/t14-/m0/s1. The highest BCUT2D eigenvalue weighted by atomic mass is 19.4. The summed E-state index contributed by atoms with van der Waals surface area (Å²) >= 11 is 0. The normalized spacial score (nSPS) is 13.0. The minimum Gasteiger partial charge on any atom is -0.319 e. The maximum absolute atomic E-state index is 12.6. The molecule has 0 aliphatic heterocycles. The molecule has 0 saturated carbocycles. The van der Waals surface area contributed by atoms with Crippen molar-refractivity contribution < 1.29 is 13.2 Å². The van der Waals surface area contributed by atoms with Crippen LogP contribution in [0.3, 0.4) is 0 Å². The average molecular weight is 292 g/mol. The van der Waals surface area contributed by atoms with Gasteiger partial charge in [-0.15, -0.1) is 6.58 Å². The fraction of sp³-hybridized carbons (Fsp3) is 0.188. The van der Waals surface area contributed by atoms with E-state index in [2.05, 4.69) is 11.6 Å². The van der Waals surface area contributed by atoms with E-state index in [1.54, 1.807) is 18.3 Å². The molecule has 0 aliphatic rings. The van der Waals surface area contributed by atoms with E-state index >= 15 is 0 Å². The van der Waals surface area contributed by atoms with Crippen molar-refractivity contribution in [3.05, 3.63) is 77.6 Å². The minimum absolute atomic E-state index is 0.566. The van der Waals surface area contributed by atoms with Crippen LogP contribution >= 0.6 is 0 Å². The Morgan fingerprint density at radius 3 is 2.43 bits per heavy atom. The topological polar surface area (TPSA) is 38.9 Å². The van der Waals surface area contributed by atoms with Crippen LogP contribution in [0.2, 0.25) is 0 Å². The Morgan fingerprint density at radius 1 is 1.19 bits per heavy atom. The zero-order valence-electron chi connectivity index (χ0n) is 11.3. The second-order valence-corrected chi connectivity index (χ2v) is 4.64. The van der Waals surface area contributed by atoms with Crippen molar-refractivity contribution in [2.24, 2.45) is 5.73 Å². The van der Waals surface area contributed by atoms with E-state index in [4.69, 9.17) is 5.73 Å². The summed E-state index contributed by atoms with van der Waals surface area (Å²) in [6.07, 6.45) is -0.384. The lowest BCUT2D eigenvalue weighted by atomic mass is 9.98. The van der Waals surface area contributed by atoms with Gasteiger partial charge in [0.15, 0.2) is 0 Å². The molecule has 1 atom stereocenters. The highest BCUT2D eigenvalue weighted by molar-refractivity contribution is 5.35. The predicted octanol–water partition coefficient (Wildman–Crippen LogP) is 3.88. The average Bonchev–Trinajstić information content (AvgIpc) is 2.47. The number of rotatable bonds is 4. The van der Waals surface area contributed by atoms with Gasteiger partial charge in [0.1, 0.15) is 0 Å². The SMILES string of the molecule is C=CCc1cccnc1[C@@H](N)c1ccc(C(F)(F)F)cc1. The summed E-state index contributed by atoms with van der Waals surface area (Å²) in [6, 6.07) is 7.95. The molecule has 1 aromatic carbocycles. The predicted molar refractivity (Wildman–Crippen MR) is 75.6 cm³/mol. The molecule has 1 aromatic heterocycles. The second-order valence-electron chi connectivity index (χ2n) is 4.64. The van der Waals surface area contributed by atoms with Crippen molar-refractivity contribution in [2.45, 2.75) is 18.6 Å². The lowest BCUT2D eigenvalue weighted by Gasteiger charge is -2.16. The molecule has 5 heteroatoms. The monoisotopic (exact) mass is 292 g/mol. The number of hydrogen-bond donors (Lipinski definition) is 1. The first kappa shape index (κ1) is 15.3. The zero-order chi connectivity index (χ0) is 15.5. The van der Waals surface area contributed by atoms with Crippen LogP contribution in [0.4, 0.5) is 13.2 Å². The quantitative estimate of drug-likeness (QED) is 0.869. The van der Waals surface area contributed by atoms with Crippen molar-refractivity contribution >= 4 is 0 Å². The summed E-state index contributed by atoms with van der Waals surface area (Å²) in [7, 11) is 0. The molecule has 0 radical (unpaired) electrons. The molecule has 0 saturated heterocycles. The number of nitrogens with two attached hydrogens (primary N) is 1. The molecular weight excluding hydrogens is 277 g/mol. The van der Waals surface area contributed by atoms with Gasteiger partial charge in [-0.2, -0.15) is 13.2 Å². The molecule has 2 rings (SSSR count). The van der Waals surface area contributed by atoms with Gasteiger partial charge in [-0.05, 0) is 35.7 Å². The molecule has 1 heterocycles. The van der Waals surface area contributed by atoms with Crippen LogP contribution in [0.25, 0.3) is 0 Å². The number of halogens is 3. The zero-order valence-corrected chi connectivity index (χ0v) is 11.3. The van der Waals surface area contributed by atoms with Crippen molar-refractivity contribution in [2.75, 3.05) is 0 Å². The number of allylic oxidation sites excluding steroid dienone is 1. The summed E-state index contributed by atoms with van der Waals surface area (Å²) in [6.45, 7) is 3.67. The van der Waals surface area contributed by atoms with E-state index in [9.17, 15) is 13.2 Å². The highest BCUT2D eigenvalue weighted by Crippen LogP contribution is 2.30. The Bertz CT molecular complexity index is 618. The highest BCUT2D eigenvalue weighted by Gasteiger charge is 2.30. The smallest absolute Gasteiger partial charge is 0.319 e. The van der Waals surface area contributed by atoms with Crippen molar-refractivity contribution in [3.63, 3.8) is 0 Å². The Balaban J connectivity index is 2.32. The maximum atomic E-state index is 12.6. The first-order valence-electron chi connectivity index (χ1n) is 6.41. The number of alkyl halides is 3. The van der Waals surface area contributed by atoms with Crippen LogP contribution in [-0.4, -0.2) is 4.98 Å². The Labute approximate surface area is 121 Å². The molecule has 0 bridgehead atoms. The number of nitrogens with zero attached hydrogens (tertiary/aromatic N) is 1. The van der Waals surface area contributed by atoms with Crippen molar-refractivity contribution in [3.8, 4) is 0 Å².